The van der Waals surface area contributed by atoms with Gasteiger partial charge in [0.15, 0.2) is 5.82 Å². The third-order valence-corrected chi connectivity index (χ3v) is 5.55. The Morgan fingerprint density at radius 1 is 1.21 bits per heavy atom. The van der Waals surface area contributed by atoms with Gasteiger partial charge in [-0.25, -0.2) is 4.79 Å². The Kier molecular flexibility index (Phi) is 4.60. The molecule has 2 atom stereocenters. The molecule has 2 saturated heterocycles. The fraction of sp³-hybridized carbons (Fsp3) is 0.450. The average molecular weight is 397 g/mol. The zero-order chi connectivity index (χ0) is 20.8. The summed E-state index contributed by atoms with van der Waals surface area (Å²) in [5.41, 5.74) is 0.0396. The van der Waals surface area contributed by atoms with Crippen molar-refractivity contribution in [2.45, 2.75) is 50.7 Å². The van der Waals surface area contributed by atoms with E-state index >= 15 is 0 Å². The molecule has 2 aliphatic heterocycles. The fourth-order valence-electron chi connectivity index (χ4n) is 3.99. The molecule has 152 valence electrons. The SMILES string of the molecule is CN1C(=O)CCC(c2nc(CN3C(=O)NC(C)(C)C3=O)no2)C1c1ccccc1. The number of likely N-dealkylation sites (N-methyl/N-ethyl adjacent to an activating group) is 1. The van der Waals surface area contributed by atoms with Gasteiger partial charge in [0, 0.05) is 13.5 Å². The standard InChI is InChI=1S/C20H23N5O4/c1-20(2)18(27)25(19(28)22-20)11-14-21-17(29-23-14)13-9-10-15(26)24(3)16(13)12-7-5-4-6-8-12/h4-8,13,16H,9-11H2,1-3H3,(H,22,28). The number of hydrogen-bond acceptors (Lipinski definition) is 6. The summed E-state index contributed by atoms with van der Waals surface area (Å²) in [5.74, 6) is 0.225. The number of piperidine rings is 1. The van der Waals surface area contributed by atoms with Gasteiger partial charge in [-0.15, -0.1) is 0 Å². The maximum absolute atomic E-state index is 12.4. The molecule has 4 amide bonds. The van der Waals surface area contributed by atoms with Gasteiger partial charge in [0.2, 0.25) is 11.8 Å². The van der Waals surface area contributed by atoms with Crippen LogP contribution in [0.2, 0.25) is 0 Å². The van der Waals surface area contributed by atoms with E-state index in [0.29, 0.717) is 18.7 Å². The molecule has 9 nitrogen and oxygen atoms in total. The van der Waals surface area contributed by atoms with Crippen LogP contribution >= 0.6 is 0 Å². The van der Waals surface area contributed by atoms with Crippen LogP contribution < -0.4 is 5.32 Å². The minimum Gasteiger partial charge on any atom is -0.339 e. The zero-order valence-corrected chi connectivity index (χ0v) is 16.6. The first kappa shape index (κ1) is 19.1. The summed E-state index contributed by atoms with van der Waals surface area (Å²) in [6, 6.07) is 9.03. The highest BCUT2D eigenvalue weighted by molar-refractivity contribution is 6.06. The van der Waals surface area contributed by atoms with Crippen molar-refractivity contribution >= 4 is 17.8 Å². The van der Waals surface area contributed by atoms with Gasteiger partial charge in [-0.1, -0.05) is 35.5 Å². The molecule has 2 aliphatic rings. The highest BCUT2D eigenvalue weighted by Crippen LogP contribution is 2.41. The summed E-state index contributed by atoms with van der Waals surface area (Å²) in [7, 11) is 1.78. The molecule has 1 aromatic carbocycles. The number of hydrogen-bond donors (Lipinski definition) is 1. The second-order valence-corrected chi connectivity index (χ2v) is 8.00. The predicted molar refractivity (Wildman–Crippen MR) is 101 cm³/mol. The Morgan fingerprint density at radius 2 is 1.93 bits per heavy atom. The Morgan fingerprint density at radius 3 is 2.59 bits per heavy atom. The molecule has 4 rings (SSSR count). The van der Waals surface area contributed by atoms with E-state index in [9.17, 15) is 14.4 Å². The molecule has 1 N–H and O–H groups in total. The average Bonchev–Trinajstić information content (AvgIpc) is 3.23. The lowest BCUT2D eigenvalue weighted by Gasteiger charge is -2.37. The molecule has 2 unspecified atom stereocenters. The van der Waals surface area contributed by atoms with Crippen molar-refractivity contribution < 1.29 is 18.9 Å². The molecule has 1 aromatic heterocycles. The molecule has 0 spiro atoms. The van der Waals surface area contributed by atoms with Crippen LogP contribution in [0.5, 0.6) is 0 Å². The van der Waals surface area contributed by atoms with Gasteiger partial charge in [-0.2, -0.15) is 4.98 Å². The van der Waals surface area contributed by atoms with Gasteiger partial charge >= 0.3 is 6.03 Å². The van der Waals surface area contributed by atoms with Gasteiger partial charge in [-0.05, 0) is 25.8 Å². The number of carbonyl (C=O) groups excluding carboxylic acids is 3. The van der Waals surface area contributed by atoms with Crippen LogP contribution in [-0.4, -0.2) is 50.4 Å². The maximum Gasteiger partial charge on any atom is 0.325 e. The first-order valence-electron chi connectivity index (χ1n) is 9.55. The van der Waals surface area contributed by atoms with Gasteiger partial charge in [0.05, 0.1) is 18.5 Å². The molecular formula is C20H23N5O4. The topological polar surface area (TPSA) is 109 Å². The number of rotatable bonds is 4. The van der Waals surface area contributed by atoms with Crippen LogP contribution in [0.15, 0.2) is 34.9 Å². The van der Waals surface area contributed by atoms with Crippen LogP contribution in [0.25, 0.3) is 0 Å². The summed E-state index contributed by atoms with van der Waals surface area (Å²) in [5, 5.41) is 6.61. The van der Waals surface area contributed by atoms with E-state index in [4.69, 9.17) is 4.52 Å². The number of amides is 4. The number of carbonyl (C=O) groups is 3. The number of aromatic nitrogens is 2. The molecule has 2 aromatic rings. The van der Waals surface area contributed by atoms with Crippen molar-refractivity contribution in [1.29, 1.82) is 0 Å². The van der Waals surface area contributed by atoms with Crippen molar-refractivity contribution in [3.8, 4) is 0 Å². The minimum absolute atomic E-state index is 0.0604. The van der Waals surface area contributed by atoms with Crippen LogP contribution in [0.3, 0.4) is 0 Å². The van der Waals surface area contributed by atoms with E-state index in [0.717, 1.165) is 10.5 Å². The molecule has 3 heterocycles. The van der Waals surface area contributed by atoms with Crippen molar-refractivity contribution in [2.24, 2.45) is 0 Å². The maximum atomic E-state index is 12.4. The number of likely N-dealkylation sites (tertiary alicyclic amines) is 1. The molecule has 0 radical (unpaired) electrons. The van der Waals surface area contributed by atoms with Gasteiger partial charge in [-0.3, -0.25) is 14.5 Å². The quantitative estimate of drug-likeness (QED) is 0.790. The summed E-state index contributed by atoms with van der Waals surface area (Å²) in [4.78, 5) is 44.0. The minimum atomic E-state index is -0.950. The molecule has 0 saturated carbocycles. The fourth-order valence-corrected chi connectivity index (χ4v) is 3.99. The highest BCUT2D eigenvalue weighted by Gasteiger charge is 2.45. The normalized spacial score (nSPS) is 24.2. The van der Waals surface area contributed by atoms with Crippen LogP contribution in [-0.2, 0) is 16.1 Å². The molecule has 0 bridgehead atoms. The molecule has 2 fully saturated rings. The van der Waals surface area contributed by atoms with Crippen LogP contribution in [0.1, 0.15) is 55.9 Å². The molecule has 9 heteroatoms. The third-order valence-electron chi connectivity index (χ3n) is 5.55. The van der Waals surface area contributed by atoms with Crippen molar-refractivity contribution in [3.05, 3.63) is 47.6 Å². The van der Waals surface area contributed by atoms with E-state index in [-0.39, 0.29) is 36.1 Å². The lowest BCUT2D eigenvalue weighted by atomic mass is 9.84. The van der Waals surface area contributed by atoms with Crippen molar-refractivity contribution in [2.75, 3.05) is 7.05 Å². The van der Waals surface area contributed by atoms with E-state index in [1.165, 1.54) is 0 Å². The Bertz CT molecular complexity index is 955. The van der Waals surface area contributed by atoms with Crippen molar-refractivity contribution in [1.82, 2.24) is 25.3 Å². The molecule has 29 heavy (non-hydrogen) atoms. The number of benzene rings is 1. The van der Waals surface area contributed by atoms with Gasteiger partial charge in [0.25, 0.3) is 5.91 Å². The first-order valence-corrected chi connectivity index (χ1v) is 9.55. The number of imide groups is 1. The Hall–Kier alpha value is -3.23. The van der Waals surface area contributed by atoms with E-state index in [1.807, 2.05) is 30.3 Å². The van der Waals surface area contributed by atoms with Crippen molar-refractivity contribution in [3.63, 3.8) is 0 Å². The monoisotopic (exact) mass is 397 g/mol. The van der Waals surface area contributed by atoms with E-state index in [2.05, 4.69) is 15.5 Å². The largest absolute Gasteiger partial charge is 0.339 e. The van der Waals surface area contributed by atoms with Gasteiger partial charge in [0.1, 0.15) is 5.54 Å². The van der Waals surface area contributed by atoms with E-state index in [1.54, 1.807) is 25.8 Å². The van der Waals surface area contributed by atoms with Crippen LogP contribution in [0, 0.1) is 0 Å². The predicted octanol–water partition coefficient (Wildman–Crippen LogP) is 1.98. The zero-order valence-electron chi connectivity index (χ0n) is 16.6. The lowest BCUT2D eigenvalue weighted by Crippen LogP contribution is -2.40. The smallest absolute Gasteiger partial charge is 0.325 e. The second kappa shape index (κ2) is 6.98. The number of nitrogens with zero attached hydrogens (tertiary/aromatic N) is 4. The summed E-state index contributed by atoms with van der Waals surface area (Å²) in [6.45, 7) is 3.23. The molecular weight excluding hydrogens is 374 g/mol. The first-order chi connectivity index (χ1) is 13.8. The lowest BCUT2D eigenvalue weighted by molar-refractivity contribution is -0.136. The number of nitrogens with one attached hydrogen (secondary N) is 1. The second-order valence-electron chi connectivity index (χ2n) is 8.00. The Labute approximate surface area is 168 Å². The van der Waals surface area contributed by atoms with Gasteiger partial charge < -0.3 is 14.7 Å². The summed E-state index contributed by atoms with van der Waals surface area (Å²) >= 11 is 0. The van der Waals surface area contributed by atoms with E-state index < -0.39 is 11.6 Å². The summed E-state index contributed by atoms with van der Waals surface area (Å²) < 4.78 is 5.50. The summed E-state index contributed by atoms with van der Waals surface area (Å²) in [6.07, 6.45) is 0.976. The Balaban J connectivity index is 1.59. The third kappa shape index (κ3) is 3.37. The number of urea groups is 1. The highest BCUT2D eigenvalue weighted by atomic mass is 16.5. The van der Waals surface area contributed by atoms with Crippen LogP contribution in [0.4, 0.5) is 4.79 Å². The molecule has 0 aliphatic carbocycles.